The Kier molecular flexibility index (Phi) is 8.07. The van der Waals surface area contributed by atoms with Gasteiger partial charge >= 0.3 is 0 Å². The zero-order valence-electron chi connectivity index (χ0n) is 17.4. The molecular formula is C23H21Cl3N2O3S2. The lowest BCUT2D eigenvalue weighted by molar-refractivity contribution is -0.128. The van der Waals surface area contributed by atoms with E-state index in [9.17, 15) is 9.59 Å². The van der Waals surface area contributed by atoms with Crippen LogP contribution in [0.1, 0.15) is 25.0 Å². The molecular weight excluding hydrogens is 523 g/mol. The Hall–Kier alpha value is -1.51. The second-order valence-electron chi connectivity index (χ2n) is 7.96. The van der Waals surface area contributed by atoms with Gasteiger partial charge < -0.3 is 9.73 Å². The molecule has 174 valence electrons. The minimum Gasteiger partial charge on any atom is -0.457 e. The van der Waals surface area contributed by atoms with Gasteiger partial charge in [0, 0.05) is 23.6 Å². The number of benzene rings is 1. The van der Waals surface area contributed by atoms with E-state index in [1.807, 2.05) is 18.2 Å². The number of carbonyl (C=O) groups excluding carboxylic acids is 2. The van der Waals surface area contributed by atoms with Gasteiger partial charge in [-0.1, -0.05) is 47.7 Å². The number of nitrogens with zero attached hydrogens (tertiary/aromatic N) is 1. The first-order valence-electron chi connectivity index (χ1n) is 10.5. The van der Waals surface area contributed by atoms with Crippen molar-refractivity contribution in [3.05, 3.63) is 52.1 Å². The van der Waals surface area contributed by atoms with Gasteiger partial charge in [0.05, 0.1) is 15.3 Å². The average Bonchev–Trinajstić information content (AvgIpc) is 3.35. The van der Waals surface area contributed by atoms with Crippen LogP contribution in [0.25, 0.3) is 17.4 Å². The number of rotatable bonds is 6. The Labute approximate surface area is 216 Å². The first-order valence-corrected chi connectivity index (χ1v) is 12.9. The summed E-state index contributed by atoms with van der Waals surface area (Å²) in [6, 6.07) is 10.9. The quantitative estimate of drug-likeness (QED) is 0.278. The highest BCUT2D eigenvalue weighted by atomic mass is 35.5. The van der Waals surface area contributed by atoms with Gasteiger partial charge in [-0.05, 0) is 49.4 Å². The van der Waals surface area contributed by atoms with Crippen molar-refractivity contribution in [3.63, 3.8) is 0 Å². The summed E-state index contributed by atoms with van der Waals surface area (Å²) >= 11 is 25.1. The van der Waals surface area contributed by atoms with Crippen LogP contribution in [0.5, 0.6) is 0 Å². The summed E-state index contributed by atoms with van der Waals surface area (Å²) in [6.45, 7) is 0.383. The fraction of sp³-hybridized carbons (Fsp3) is 0.348. The summed E-state index contributed by atoms with van der Waals surface area (Å²) in [5.41, 5.74) is 0.767. The molecule has 1 aromatic heterocycles. The number of alkyl halides is 2. The number of nitrogens with one attached hydrogen (secondary N) is 1. The predicted octanol–water partition coefficient (Wildman–Crippen LogP) is 5.93. The van der Waals surface area contributed by atoms with Gasteiger partial charge in [-0.2, -0.15) is 0 Å². The first-order chi connectivity index (χ1) is 15.8. The third-order valence-corrected chi connectivity index (χ3v) is 8.45. The van der Waals surface area contributed by atoms with Crippen molar-refractivity contribution in [3.8, 4) is 11.3 Å². The average molecular weight is 544 g/mol. The molecule has 5 nitrogen and oxygen atoms in total. The van der Waals surface area contributed by atoms with Crippen LogP contribution in [0, 0.1) is 5.92 Å². The molecule has 3 atom stereocenters. The Morgan fingerprint density at radius 2 is 2.00 bits per heavy atom. The molecule has 1 saturated carbocycles. The normalized spacial score (nSPS) is 24.5. The fourth-order valence-corrected chi connectivity index (χ4v) is 5.88. The van der Waals surface area contributed by atoms with Gasteiger partial charge in [-0.15, -0.1) is 23.2 Å². The Morgan fingerprint density at radius 3 is 2.76 bits per heavy atom. The number of amides is 2. The maximum atomic E-state index is 12.8. The number of hydrogen-bond acceptors (Lipinski definition) is 5. The highest BCUT2D eigenvalue weighted by Crippen LogP contribution is 2.35. The first kappa shape index (κ1) is 24.6. The van der Waals surface area contributed by atoms with Gasteiger partial charge in [-0.25, -0.2) is 0 Å². The number of thiocarbonyl (C=S) groups is 1. The number of halogens is 3. The second-order valence-corrected chi connectivity index (χ2v) is 11.2. The lowest BCUT2D eigenvalue weighted by Gasteiger charge is -2.29. The summed E-state index contributed by atoms with van der Waals surface area (Å²) in [6.07, 6.45) is 4.14. The number of thioether (sulfide) groups is 1. The van der Waals surface area contributed by atoms with Crippen molar-refractivity contribution in [2.75, 3.05) is 13.1 Å². The van der Waals surface area contributed by atoms with Gasteiger partial charge in [-0.3, -0.25) is 14.5 Å². The topological polar surface area (TPSA) is 62.6 Å². The van der Waals surface area contributed by atoms with Crippen molar-refractivity contribution in [2.24, 2.45) is 5.92 Å². The van der Waals surface area contributed by atoms with Gasteiger partial charge in [0.25, 0.3) is 5.91 Å². The monoisotopic (exact) mass is 542 g/mol. The second kappa shape index (κ2) is 10.8. The van der Waals surface area contributed by atoms with E-state index in [1.165, 1.54) is 4.90 Å². The van der Waals surface area contributed by atoms with E-state index >= 15 is 0 Å². The molecule has 2 heterocycles. The van der Waals surface area contributed by atoms with E-state index in [-0.39, 0.29) is 35.0 Å². The van der Waals surface area contributed by atoms with E-state index in [0.29, 0.717) is 32.3 Å². The molecule has 1 saturated heterocycles. The highest BCUT2D eigenvalue weighted by Gasteiger charge is 2.34. The minimum absolute atomic E-state index is 0.0182. The SMILES string of the molecule is O=C(CN1C(=O)C(=Cc2ccc(-c3ccccc3Cl)o2)SC1=S)NCC1CCC(Cl)C(Cl)C1. The molecule has 1 aliphatic carbocycles. The summed E-state index contributed by atoms with van der Waals surface area (Å²) in [7, 11) is 0. The molecule has 1 N–H and O–H groups in total. The molecule has 0 spiro atoms. The largest absolute Gasteiger partial charge is 0.457 e. The molecule has 2 fully saturated rings. The van der Waals surface area contributed by atoms with Crippen LogP contribution in [0.15, 0.2) is 45.7 Å². The van der Waals surface area contributed by atoms with Crippen LogP contribution in [0.2, 0.25) is 5.02 Å². The third kappa shape index (κ3) is 5.95. The van der Waals surface area contributed by atoms with Crippen molar-refractivity contribution in [2.45, 2.75) is 30.0 Å². The van der Waals surface area contributed by atoms with E-state index in [2.05, 4.69) is 5.32 Å². The number of furan rings is 1. The predicted molar refractivity (Wildman–Crippen MR) is 139 cm³/mol. The summed E-state index contributed by atoms with van der Waals surface area (Å²) in [5.74, 6) is 0.804. The zero-order chi connectivity index (χ0) is 23.5. The molecule has 2 amide bonds. The zero-order valence-corrected chi connectivity index (χ0v) is 21.3. The van der Waals surface area contributed by atoms with Crippen LogP contribution < -0.4 is 5.32 Å². The summed E-state index contributed by atoms with van der Waals surface area (Å²) in [4.78, 5) is 27.0. The maximum Gasteiger partial charge on any atom is 0.266 e. The van der Waals surface area contributed by atoms with Gasteiger partial charge in [0.1, 0.15) is 22.4 Å². The molecule has 0 bridgehead atoms. The molecule has 2 aliphatic rings. The van der Waals surface area contributed by atoms with Crippen molar-refractivity contribution in [1.82, 2.24) is 10.2 Å². The fourth-order valence-electron chi connectivity index (χ4n) is 3.80. The number of hydrogen-bond donors (Lipinski definition) is 1. The molecule has 3 unspecified atom stereocenters. The molecule has 1 aromatic carbocycles. The molecule has 1 aliphatic heterocycles. The minimum atomic E-state index is -0.320. The standard InChI is InChI=1S/C23H21Cl3N2O3S2/c24-16-4-2-1-3-15(16)19-8-6-14(31-19)10-20-22(30)28(23(32)33-20)12-21(29)27-11-13-5-7-17(25)18(26)9-13/h1-4,6,8,10,13,17-18H,5,7,9,11-12H2,(H,27,29). The third-order valence-electron chi connectivity index (χ3n) is 5.60. The molecule has 4 rings (SSSR count). The van der Waals surface area contributed by atoms with E-state index in [0.717, 1.165) is 36.6 Å². The van der Waals surface area contributed by atoms with E-state index in [4.69, 9.17) is 51.4 Å². The molecule has 10 heteroatoms. The van der Waals surface area contributed by atoms with E-state index in [1.54, 1.807) is 24.3 Å². The Morgan fingerprint density at radius 1 is 1.21 bits per heavy atom. The maximum absolute atomic E-state index is 12.8. The van der Waals surface area contributed by atoms with Gasteiger partial charge in [0.2, 0.25) is 5.91 Å². The van der Waals surface area contributed by atoms with E-state index < -0.39 is 0 Å². The Bertz CT molecular complexity index is 1100. The summed E-state index contributed by atoms with van der Waals surface area (Å²) in [5, 5.41) is 3.37. The van der Waals surface area contributed by atoms with Crippen molar-refractivity contribution >= 4 is 81.0 Å². The Balaban J connectivity index is 1.35. The van der Waals surface area contributed by atoms with Crippen LogP contribution in [-0.2, 0) is 9.59 Å². The smallest absolute Gasteiger partial charge is 0.266 e. The lowest BCUT2D eigenvalue weighted by atomic mass is 9.88. The lowest BCUT2D eigenvalue weighted by Crippen LogP contribution is -2.42. The van der Waals surface area contributed by atoms with Crippen LogP contribution in [0.4, 0.5) is 0 Å². The van der Waals surface area contributed by atoms with Gasteiger partial charge in [0.15, 0.2) is 0 Å². The summed E-state index contributed by atoms with van der Waals surface area (Å²) < 4.78 is 6.18. The van der Waals surface area contributed by atoms with Crippen LogP contribution in [-0.4, -0.2) is 44.9 Å². The van der Waals surface area contributed by atoms with Crippen LogP contribution >= 0.6 is 58.8 Å². The van der Waals surface area contributed by atoms with Crippen molar-refractivity contribution in [1.29, 1.82) is 0 Å². The molecule has 0 radical (unpaired) electrons. The molecule has 33 heavy (non-hydrogen) atoms. The number of carbonyl (C=O) groups is 2. The highest BCUT2D eigenvalue weighted by molar-refractivity contribution is 8.26. The van der Waals surface area contributed by atoms with Crippen molar-refractivity contribution < 1.29 is 14.0 Å². The van der Waals surface area contributed by atoms with Crippen LogP contribution in [0.3, 0.4) is 0 Å². The molecule has 2 aromatic rings.